The van der Waals surface area contributed by atoms with Crippen molar-refractivity contribution < 1.29 is 9.47 Å². The Morgan fingerprint density at radius 1 is 0.933 bits per heavy atom. The van der Waals surface area contributed by atoms with Gasteiger partial charge in [0.15, 0.2) is 0 Å². The normalized spacial score (nSPS) is 13.5. The summed E-state index contributed by atoms with van der Waals surface area (Å²) in [7, 11) is 3.78. The van der Waals surface area contributed by atoms with Gasteiger partial charge in [-0.1, -0.05) is 48.5 Å². The molecule has 0 aliphatic carbocycles. The molecule has 1 aliphatic heterocycles. The van der Waals surface area contributed by atoms with Crippen LogP contribution in [0.2, 0.25) is 0 Å². The van der Waals surface area contributed by atoms with E-state index in [1.165, 1.54) is 11.3 Å². The number of hydrogen-bond acceptors (Lipinski definition) is 4. The molecule has 0 N–H and O–H groups in total. The second-order valence-electron chi connectivity index (χ2n) is 7.25. The van der Waals surface area contributed by atoms with Crippen molar-refractivity contribution in [3.63, 3.8) is 0 Å². The van der Waals surface area contributed by atoms with Crippen molar-refractivity contribution in [2.75, 3.05) is 32.1 Å². The Kier molecular flexibility index (Phi) is 6.14. The molecule has 0 radical (unpaired) electrons. The maximum absolute atomic E-state index is 5.98. The molecule has 0 saturated carbocycles. The van der Waals surface area contributed by atoms with Crippen molar-refractivity contribution in [2.24, 2.45) is 4.99 Å². The molecular formula is C26H26N2O2. The fourth-order valence-corrected chi connectivity index (χ4v) is 3.46. The zero-order valence-corrected chi connectivity index (χ0v) is 17.4. The number of hydrogen-bond donors (Lipinski definition) is 0. The number of nitrogens with zero attached hydrogens (tertiary/aromatic N) is 2. The standard InChI is InChI=1S/C26H26N2O2/c1-28-17-16-27-25(24-8-3-4-9-26(24)28)15-12-20-6-5-7-23(18-20)30-19-21-10-13-22(29-2)14-11-21/h3-15,18H,16-17,19H2,1-2H3/b15-12+. The number of anilines is 1. The monoisotopic (exact) mass is 398 g/mol. The summed E-state index contributed by atoms with van der Waals surface area (Å²) in [5.74, 6) is 1.69. The van der Waals surface area contributed by atoms with Crippen molar-refractivity contribution in [1.82, 2.24) is 0 Å². The smallest absolute Gasteiger partial charge is 0.120 e. The van der Waals surface area contributed by atoms with Crippen LogP contribution >= 0.6 is 0 Å². The molecule has 3 aromatic carbocycles. The molecule has 0 aromatic heterocycles. The minimum absolute atomic E-state index is 0.517. The number of likely N-dealkylation sites (N-methyl/N-ethyl adjacent to an activating group) is 1. The number of aliphatic imine (C=N–C) groups is 1. The molecule has 0 saturated heterocycles. The molecule has 0 fully saturated rings. The number of benzodiazepines with no additional fused rings is 1. The van der Waals surface area contributed by atoms with Crippen LogP contribution in [0.25, 0.3) is 6.08 Å². The highest BCUT2D eigenvalue weighted by atomic mass is 16.5. The lowest BCUT2D eigenvalue weighted by atomic mass is 10.1. The van der Waals surface area contributed by atoms with Crippen molar-refractivity contribution in [1.29, 1.82) is 0 Å². The van der Waals surface area contributed by atoms with E-state index < -0.39 is 0 Å². The first kappa shape index (κ1) is 19.8. The Morgan fingerprint density at radius 2 is 1.77 bits per heavy atom. The van der Waals surface area contributed by atoms with E-state index in [4.69, 9.17) is 14.5 Å². The van der Waals surface area contributed by atoms with Crippen LogP contribution in [0, 0.1) is 0 Å². The first-order valence-corrected chi connectivity index (χ1v) is 10.1. The van der Waals surface area contributed by atoms with Crippen molar-refractivity contribution in [3.05, 3.63) is 95.6 Å². The van der Waals surface area contributed by atoms with Gasteiger partial charge in [-0.3, -0.25) is 4.99 Å². The van der Waals surface area contributed by atoms with Gasteiger partial charge in [-0.25, -0.2) is 0 Å². The third-order valence-electron chi connectivity index (χ3n) is 5.17. The summed E-state index contributed by atoms with van der Waals surface area (Å²) in [6.45, 7) is 2.22. The third kappa shape index (κ3) is 4.71. The molecule has 152 valence electrons. The lowest BCUT2D eigenvalue weighted by Gasteiger charge is -2.18. The molecule has 1 heterocycles. The van der Waals surface area contributed by atoms with Crippen molar-refractivity contribution in [3.8, 4) is 11.5 Å². The number of para-hydroxylation sites is 1. The summed E-state index contributed by atoms with van der Waals surface area (Å²) in [6.07, 6.45) is 4.20. The van der Waals surface area contributed by atoms with Crippen LogP contribution in [-0.2, 0) is 6.61 Å². The van der Waals surface area contributed by atoms with E-state index in [-0.39, 0.29) is 0 Å². The van der Waals surface area contributed by atoms with Gasteiger partial charge in [-0.2, -0.15) is 0 Å². The van der Waals surface area contributed by atoms with E-state index in [0.717, 1.165) is 41.4 Å². The molecule has 30 heavy (non-hydrogen) atoms. The van der Waals surface area contributed by atoms with Gasteiger partial charge in [-0.05, 0) is 47.5 Å². The topological polar surface area (TPSA) is 34.1 Å². The van der Waals surface area contributed by atoms with Gasteiger partial charge in [0.05, 0.1) is 19.4 Å². The van der Waals surface area contributed by atoms with Gasteiger partial charge in [-0.15, -0.1) is 0 Å². The predicted molar refractivity (Wildman–Crippen MR) is 124 cm³/mol. The van der Waals surface area contributed by atoms with E-state index in [2.05, 4.69) is 60.5 Å². The van der Waals surface area contributed by atoms with Gasteiger partial charge in [0.2, 0.25) is 0 Å². The average Bonchev–Trinajstić information content (AvgIpc) is 2.96. The molecule has 4 heteroatoms. The number of allylic oxidation sites excluding steroid dienone is 1. The van der Waals surface area contributed by atoms with Gasteiger partial charge in [0.25, 0.3) is 0 Å². The highest BCUT2D eigenvalue weighted by Gasteiger charge is 2.13. The van der Waals surface area contributed by atoms with Gasteiger partial charge in [0, 0.05) is 24.8 Å². The zero-order valence-electron chi connectivity index (χ0n) is 17.4. The lowest BCUT2D eigenvalue weighted by molar-refractivity contribution is 0.306. The van der Waals surface area contributed by atoms with E-state index in [1.807, 2.05) is 36.4 Å². The van der Waals surface area contributed by atoms with Gasteiger partial charge in [0.1, 0.15) is 18.1 Å². The first-order chi connectivity index (χ1) is 14.7. The quantitative estimate of drug-likeness (QED) is 0.570. The minimum Gasteiger partial charge on any atom is -0.497 e. The van der Waals surface area contributed by atoms with Crippen LogP contribution in [0.3, 0.4) is 0 Å². The highest BCUT2D eigenvalue weighted by molar-refractivity contribution is 6.14. The van der Waals surface area contributed by atoms with E-state index in [1.54, 1.807) is 7.11 Å². The summed E-state index contributed by atoms with van der Waals surface area (Å²) in [5, 5.41) is 0. The Labute approximate surface area is 178 Å². The molecule has 3 aromatic rings. The van der Waals surface area contributed by atoms with E-state index >= 15 is 0 Å². The molecular weight excluding hydrogens is 372 g/mol. The highest BCUT2D eigenvalue weighted by Crippen LogP contribution is 2.23. The Morgan fingerprint density at radius 3 is 2.60 bits per heavy atom. The summed E-state index contributed by atoms with van der Waals surface area (Å²) in [5.41, 5.74) is 5.58. The summed E-state index contributed by atoms with van der Waals surface area (Å²) < 4.78 is 11.2. The van der Waals surface area contributed by atoms with Crippen molar-refractivity contribution in [2.45, 2.75) is 6.61 Å². The second-order valence-corrected chi connectivity index (χ2v) is 7.25. The largest absolute Gasteiger partial charge is 0.497 e. The SMILES string of the molecule is COc1ccc(COc2cccc(/C=C/C3=NCCN(C)c4ccccc43)c2)cc1. The fourth-order valence-electron chi connectivity index (χ4n) is 3.46. The summed E-state index contributed by atoms with van der Waals surface area (Å²) in [6, 6.07) is 24.5. The van der Waals surface area contributed by atoms with Crippen molar-refractivity contribution >= 4 is 17.5 Å². The fraction of sp³-hybridized carbons (Fsp3) is 0.192. The first-order valence-electron chi connectivity index (χ1n) is 10.1. The average molecular weight is 399 g/mol. The number of rotatable bonds is 6. The van der Waals surface area contributed by atoms with Crippen LogP contribution in [0.4, 0.5) is 5.69 Å². The number of ether oxygens (including phenoxy) is 2. The van der Waals surface area contributed by atoms with Gasteiger partial charge >= 0.3 is 0 Å². The molecule has 0 bridgehead atoms. The van der Waals surface area contributed by atoms with Crippen LogP contribution in [0.1, 0.15) is 16.7 Å². The van der Waals surface area contributed by atoms with E-state index in [0.29, 0.717) is 6.61 Å². The Bertz CT molecular complexity index is 1050. The summed E-state index contributed by atoms with van der Waals surface area (Å²) in [4.78, 5) is 7.05. The summed E-state index contributed by atoms with van der Waals surface area (Å²) >= 11 is 0. The molecule has 1 aliphatic rings. The molecule has 4 nitrogen and oxygen atoms in total. The maximum Gasteiger partial charge on any atom is 0.120 e. The van der Waals surface area contributed by atoms with Crippen LogP contribution in [0.5, 0.6) is 11.5 Å². The maximum atomic E-state index is 5.98. The molecule has 0 unspecified atom stereocenters. The Balaban J connectivity index is 1.47. The number of fused-ring (bicyclic) bond motifs is 1. The predicted octanol–water partition coefficient (Wildman–Crippen LogP) is 5.23. The minimum atomic E-state index is 0.517. The van der Waals surface area contributed by atoms with Crippen LogP contribution in [0.15, 0.2) is 83.9 Å². The number of benzene rings is 3. The van der Waals surface area contributed by atoms with Crippen LogP contribution < -0.4 is 14.4 Å². The number of methoxy groups -OCH3 is 1. The molecule has 0 spiro atoms. The lowest BCUT2D eigenvalue weighted by Crippen LogP contribution is -2.20. The third-order valence-corrected chi connectivity index (χ3v) is 5.17. The molecule has 4 rings (SSSR count). The van der Waals surface area contributed by atoms with E-state index in [9.17, 15) is 0 Å². The van der Waals surface area contributed by atoms with Crippen LogP contribution in [-0.4, -0.2) is 33.0 Å². The molecule has 0 atom stereocenters. The zero-order chi connectivity index (χ0) is 20.8. The molecule has 0 amide bonds. The second kappa shape index (κ2) is 9.31. The Hall–Kier alpha value is -3.53. The van der Waals surface area contributed by atoms with Gasteiger partial charge < -0.3 is 14.4 Å².